The Hall–Kier alpha value is -3.07. The van der Waals surface area contributed by atoms with Crippen molar-refractivity contribution < 1.29 is 4.74 Å². The lowest BCUT2D eigenvalue weighted by atomic mass is 10.0. The Kier molecular flexibility index (Phi) is 3.41. The Morgan fingerprint density at radius 2 is 2.00 bits per heavy atom. The lowest BCUT2D eigenvalue weighted by Crippen LogP contribution is -1.99. The van der Waals surface area contributed by atoms with Crippen molar-refractivity contribution in [1.82, 2.24) is 14.5 Å². The highest BCUT2D eigenvalue weighted by Crippen LogP contribution is 2.37. The van der Waals surface area contributed by atoms with Gasteiger partial charge >= 0.3 is 0 Å². The van der Waals surface area contributed by atoms with Gasteiger partial charge in [-0.2, -0.15) is 5.26 Å². The molecule has 23 heavy (non-hydrogen) atoms. The van der Waals surface area contributed by atoms with Crippen LogP contribution in [0.15, 0.2) is 18.2 Å². The summed E-state index contributed by atoms with van der Waals surface area (Å²) in [6.07, 6.45) is 0. The van der Waals surface area contributed by atoms with Gasteiger partial charge < -0.3 is 15.0 Å². The van der Waals surface area contributed by atoms with Crippen molar-refractivity contribution in [2.24, 2.45) is 7.05 Å². The first kappa shape index (κ1) is 14.9. The van der Waals surface area contributed by atoms with Crippen LogP contribution >= 0.6 is 0 Å². The lowest BCUT2D eigenvalue weighted by Gasteiger charge is -2.11. The van der Waals surface area contributed by atoms with Gasteiger partial charge in [0.2, 0.25) is 0 Å². The van der Waals surface area contributed by atoms with E-state index in [0.29, 0.717) is 28.2 Å². The number of aryl methyl sites for hydroxylation is 2. The predicted molar refractivity (Wildman–Crippen MR) is 89.1 cm³/mol. The number of benzene rings is 1. The molecule has 0 unspecified atom stereocenters. The van der Waals surface area contributed by atoms with Crippen LogP contribution in [0, 0.1) is 25.2 Å². The number of rotatable bonds is 2. The third-order valence-corrected chi connectivity index (χ3v) is 4.04. The molecule has 1 aromatic carbocycles. The van der Waals surface area contributed by atoms with Gasteiger partial charge in [-0.25, -0.2) is 9.97 Å². The zero-order chi connectivity index (χ0) is 16.7. The second-order valence-corrected chi connectivity index (χ2v) is 5.38. The highest BCUT2D eigenvalue weighted by atomic mass is 16.5. The van der Waals surface area contributed by atoms with Crippen LogP contribution in [0.5, 0.6) is 5.75 Å². The minimum absolute atomic E-state index is 0.325. The van der Waals surface area contributed by atoms with E-state index < -0.39 is 0 Å². The molecule has 6 nitrogen and oxygen atoms in total. The fraction of sp³-hybridized carbons (Fsp3) is 0.235. The second kappa shape index (κ2) is 5.29. The van der Waals surface area contributed by atoms with Crippen LogP contribution in [0.4, 0.5) is 5.82 Å². The number of nitrogens with zero attached hydrogens (tertiary/aromatic N) is 4. The number of ether oxygens (including phenoxy) is 1. The molecule has 3 rings (SSSR count). The number of nitriles is 1. The molecule has 3 aromatic rings. The molecule has 2 heterocycles. The molecule has 0 spiro atoms. The van der Waals surface area contributed by atoms with Crippen molar-refractivity contribution in [3.05, 3.63) is 35.2 Å². The van der Waals surface area contributed by atoms with Gasteiger partial charge in [0.1, 0.15) is 29.1 Å². The number of methoxy groups -OCH3 is 1. The maximum absolute atomic E-state index is 9.70. The number of aromatic nitrogens is 3. The Labute approximate surface area is 134 Å². The summed E-state index contributed by atoms with van der Waals surface area (Å²) in [6, 6.07) is 8.02. The molecule has 0 aliphatic carbocycles. The molecule has 0 saturated carbocycles. The van der Waals surface area contributed by atoms with E-state index in [0.717, 1.165) is 22.6 Å². The van der Waals surface area contributed by atoms with Crippen molar-refractivity contribution in [2.75, 3.05) is 12.8 Å². The smallest absolute Gasteiger partial charge is 0.147 e. The molecule has 0 amide bonds. The molecule has 2 aromatic heterocycles. The summed E-state index contributed by atoms with van der Waals surface area (Å²) >= 11 is 0. The maximum atomic E-state index is 9.70. The van der Waals surface area contributed by atoms with E-state index in [2.05, 4.69) is 16.0 Å². The van der Waals surface area contributed by atoms with Gasteiger partial charge in [0.15, 0.2) is 0 Å². The molecule has 0 radical (unpaired) electrons. The Bertz CT molecular complexity index is 965. The van der Waals surface area contributed by atoms with Crippen molar-refractivity contribution in [2.45, 2.75) is 13.8 Å². The van der Waals surface area contributed by atoms with Gasteiger partial charge in [0.05, 0.1) is 23.8 Å². The molecule has 0 atom stereocenters. The van der Waals surface area contributed by atoms with Crippen molar-refractivity contribution >= 4 is 16.9 Å². The molecular weight excluding hydrogens is 290 g/mol. The standard InChI is InChI=1S/C17H17N5O/c1-9-11(6-5-7-13(9)23-4)15-12(8-18)14-16(19)20-10(2)21-17(14)22(15)3/h5-7H,1-4H3,(H2,19,20,21). The van der Waals surface area contributed by atoms with Crippen LogP contribution in [-0.2, 0) is 7.05 Å². The third kappa shape index (κ3) is 2.09. The number of nitrogens with two attached hydrogens (primary N) is 1. The van der Waals surface area contributed by atoms with Gasteiger partial charge in [-0.1, -0.05) is 12.1 Å². The van der Waals surface area contributed by atoms with E-state index >= 15 is 0 Å². The van der Waals surface area contributed by atoms with Gasteiger partial charge in [-0.05, 0) is 19.9 Å². The predicted octanol–water partition coefficient (Wildman–Crippen LogP) is 2.71. The zero-order valence-electron chi connectivity index (χ0n) is 13.5. The fourth-order valence-corrected chi connectivity index (χ4v) is 2.97. The Morgan fingerprint density at radius 3 is 2.65 bits per heavy atom. The topological polar surface area (TPSA) is 89.8 Å². The number of hydrogen-bond acceptors (Lipinski definition) is 5. The van der Waals surface area contributed by atoms with Crippen LogP contribution in [0.3, 0.4) is 0 Å². The molecule has 0 bridgehead atoms. The first-order chi connectivity index (χ1) is 11.0. The van der Waals surface area contributed by atoms with Gasteiger partial charge in [0, 0.05) is 18.2 Å². The van der Waals surface area contributed by atoms with Crippen molar-refractivity contribution in [1.29, 1.82) is 5.26 Å². The fourth-order valence-electron chi connectivity index (χ4n) is 2.97. The van der Waals surface area contributed by atoms with Crippen LogP contribution in [0.1, 0.15) is 17.0 Å². The van der Waals surface area contributed by atoms with E-state index in [1.54, 1.807) is 14.0 Å². The largest absolute Gasteiger partial charge is 0.496 e. The highest BCUT2D eigenvalue weighted by molar-refractivity contribution is 5.99. The second-order valence-electron chi connectivity index (χ2n) is 5.38. The minimum Gasteiger partial charge on any atom is -0.496 e. The van der Waals surface area contributed by atoms with E-state index in [1.165, 1.54) is 0 Å². The zero-order valence-corrected chi connectivity index (χ0v) is 13.5. The SMILES string of the molecule is COc1cccc(-c2c(C#N)c3c(N)nc(C)nc3n2C)c1C. The summed E-state index contributed by atoms with van der Waals surface area (Å²) in [5, 5.41) is 10.3. The van der Waals surface area contributed by atoms with Crippen LogP contribution in [0.2, 0.25) is 0 Å². The molecule has 116 valence electrons. The number of fused-ring (bicyclic) bond motifs is 1. The van der Waals surface area contributed by atoms with E-state index in [-0.39, 0.29) is 0 Å². The maximum Gasteiger partial charge on any atom is 0.147 e. The first-order valence-electron chi connectivity index (χ1n) is 7.16. The molecule has 0 fully saturated rings. The van der Waals surface area contributed by atoms with Crippen LogP contribution in [0.25, 0.3) is 22.3 Å². The monoisotopic (exact) mass is 307 g/mol. The normalized spacial score (nSPS) is 10.7. The molecular formula is C17H17N5O. The molecule has 0 aliphatic rings. The summed E-state index contributed by atoms with van der Waals surface area (Å²) in [5.41, 5.74) is 9.83. The van der Waals surface area contributed by atoms with E-state index in [1.807, 2.05) is 36.7 Å². The molecule has 2 N–H and O–H groups in total. The van der Waals surface area contributed by atoms with E-state index in [4.69, 9.17) is 10.5 Å². The number of anilines is 1. The van der Waals surface area contributed by atoms with Crippen molar-refractivity contribution in [3.8, 4) is 23.1 Å². The Morgan fingerprint density at radius 1 is 1.26 bits per heavy atom. The van der Waals surface area contributed by atoms with Crippen molar-refractivity contribution in [3.63, 3.8) is 0 Å². The van der Waals surface area contributed by atoms with Crippen LogP contribution < -0.4 is 10.5 Å². The van der Waals surface area contributed by atoms with E-state index in [9.17, 15) is 5.26 Å². The highest BCUT2D eigenvalue weighted by Gasteiger charge is 2.22. The minimum atomic E-state index is 0.325. The summed E-state index contributed by atoms with van der Waals surface area (Å²) in [5.74, 6) is 1.67. The molecule has 0 aliphatic heterocycles. The average Bonchev–Trinajstić information content (AvgIpc) is 2.80. The quantitative estimate of drug-likeness (QED) is 0.786. The van der Waals surface area contributed by atoms with Gasteiger partial charge in [-0.3, -0.25) is 0 Å². The molecule has 6 heteroatoms. The average molecular weight is 307 g/mol. The first-order valence-corrected chi connectivity index (χ1v) is 7.16. The molecule has 0 saturated heterocycles. The lowest BCUT2D eigenvalue weighted by molar-refractivity contribution is 0.412. The summed E-state index contributed by atoms with van der Waals surface area (Å²) in [4.78, 5) is 8.64. The summed E-state index contributed by atoms with van der Waals surface area (Å²) in [7, 11) is 3.51. The summed E-state index contributed by atoms with van der Waals surface area (Å²) in [6.45, 7) is 3.75. The summed E-state index contributed by atoms with van der Waals surface area (Å²) < 4.78 is 7.28. The third-order valence-electron chi connectivity index (χ3n) is 4.04. The number of nitrogen functional groups attached to an aromatic ring is 1. The van der Waals surface area contributed by atoms with Gasteiger partial charge in [-0.15, -0.1) is 0 Å². The number of hydrogen-bond donors (Lipinski definition) is 1. The van der Waals surface area contributed by atoms with Gasteiger partial charge in [0.25, 0.3) is 0 Å². The Balaban J connectivity index is 2.47. The van der Waals surface area contributed by atoms with Crippen LogP contribution in [-0.4, -0.2) is 21.6 Å².